The number of hydrogen-bond acceptors (Lipinski definition) is 3. The SMILES string of the molecule is CN1C2CCC1CN(CCC(N)CC(C)(C)C)CC2. The number of fused-ring (bicyclic) bond motifs is 2. The molecule has 2 bridgehead atoms. The van der Waals surface area contributed by atoms with Crippen LogP contribution in [0.25, 0.3) is 0 Å². The van der Waals surface area contributed by atoms with Gasteiger partial charge in [-0.1, -0.05) is 20.8 Å². The molecular weight excluding hydrogens is 234 g/mol. The first kappa shape index (κ1) is 15.3. The normalized spacial score (nSPS) is 31.4. The molecule has 2 fully saturated rings. The van der Waals surface area contributed by atoms with Crippen molar-refractivity contribution in [2.45, 2.75) is 71.0 Å². The summed E-state index contributed by atoms with van der Waals surface area (Å²) >= 11 is 0. The van der Waals surface area contributed by atoms with Crippen LogP contribution in [0.5, 0.6) is 0 Å². The number of likely N-dealkylation sites (tertiary alicyclic amines) is 1. The molecule has 0 saturated carbocycles. The standard InChI is InChI=1S/C16H33N3/c1-16(2,3)11-13(17)7-9-19-10-8-14-5-6-15(12-19)18(14)4/h13-15H,5-12,17H2,1-4H3. The smallest absolute Gasteiger partial charge is 0.0223 e. The zero-order chi connectivity index (χ0) is 14.0. The van der Waals surface area contributed by atoms with Crippen LogP contribution in [-0.4, -0.2) is 54.6 Å². The maximum atomic E-state index is 6.28. The Morgan fingerprint density at radius 2 is 1.84 bits per heavy atom. The third-order valence-electron chi connectivity index (χ3n) is 4.92. The van der Waals surface area contributed by atoms with Gasteiger partial charge in [-0.15, -0.1) is 0 Å². The molecular formula is C16H33N3. The third-order valence-corrected chi connectivity index (χ3v) is 4.92. The minimum absolute atomic E-state index is 0.359. The van der Waals surface area contributed by atoms with Crippen LogP contribution in [0.4, 0.5) is 0 Å². The summed E-state index contributed by atoms with van der Waals surface area (Å²) in [6, 6.07) is 2.00. The van der Waals surface area contributed by atoms with Crippen LogP contribution in [-0.2, 0) is 0 Å². The minimum atomic E-state index is 0.359. The lowest BCUT2D eigenvalue weighted by Crippen LogP contribution is -2.38. The molecule has 2 heterocycles. The van der Waals surface area contributed by atoms with Crippen LogP contribution in [0.1, 0.15) is 52.9 Å². The number of rotatable bonds is 4. The van der Waals surface area contributed by atoms with Gasteiger partial charge in [0.05, 0.1) is 0 Å². The van der Waals surface area contributed by atoms with Gasteiger partial charge in [0.2, 0.25) is 0 Å². The number of nitrogens with two attached hydrogens (primary N) is 1. The number of hydrogen-bond donors (Lipinski definition) is 1. The van der Waals surface area contributed by atoms with Crippen molar-refractivity contribution >= 4 is 0 Å². The monoisotopic (exact) mass is 267 g/mol. The summed E-state index contributed by atoms with van der Waals surface area (Å²) in [5, 5.41) is 0. The molecule has 3 nitrogen and oxygen atoms in total. The molecule has 2 aliphatic rings. The summed E-state index contributed by atoms with van der Waals surface area (Å²) in [6.07, 6.45) is 6.44. The first-order valence-electron chi connectivity index (χ1n) is 8.05. The predicted molar refractivity (Wildman–Crippen MR) is 82.3 cm³/mol. The molecule has 3 unspecified atom stereocenters. The van der Waals surface area contributed by atoms with Gasteiger partial charge in [-0.05, 0) is 57.7 Å². The maximum Gasteiger partial charge on any atom is 0.0223 e. The molecule has 0 aromatic carbocycles. The molecule has 2 saturated heterocycles. The number of likely N-dealkylation sites (N-methyl/N-ethyl adjacent to an activating group) is 1. The summed E-state index contributed by atoms with van der Waals surface area (Å²) in [5.74, 6) is 0. The molecule has 2 N–H and O–H groups in total. The van der Waals surface area contributed by atoms with E-state index in [4.69, 9.17) is 5.73 Å². The fraction of sp³-hybridized carbons (Fsp3) is 1.00. The van der Waals surface area contributed by atoms with Gasteiger partial charge in [-0.3, -0.25) is 4.90 Å². The van der Waals surface area contributed by atoms with Crippen molar-refractivity contribution < 1.29 is 0 Å². The molecule has 0 aromatic rings. The van der Waals surface area contributed by atoms with Crippen molar-refractivity contribution in [1.82, 2.24) is 9.80 Å². The van der Waals surface area contributed by atoms with E-state index >= 15 is 0 Å². The number of nitrogens with zero attached hydrogens (tertiary/aromatic N) is 2. The second kappa shape index (κ2) is 6.11. The highest BCUT2D eigenvalue weighted by molar-refractivity contribution is 4.91. The van der Waals surface area contributed by atoms with E-state index in [0.29, 0.717) is 11.5 Å². The van der Waals surface area contributed by atoms with Crippen molar-refractivity contribution in [2.75, 3.05) is 26.7 Å². The fourth-order valence-electron chi connectivity index (χ4n) is 3.82. The quantitative estimate of drug-likeness (QED) is 0.848. The van der Waals surface area contributed by atoms with E-state index in [9.17, 15) is 0 Å². The highest BCUT2D eigenvalue weighted by atomic mass is 15.3. The van der Waals surface area contributed by atoms with Gasteiger partial charge >= 0.3 is 0 Å². The van der Waals surface area contributed by atoms with E-state index < -0.39 is 0 Å². The summed E-state index contributed by atoms with van der Waals surface area (Å²) in [7, 11) is 2.32. The lowest BCUT2D eigenvalue weighted by molar-refractivity contribution is 0.210. The van der Waals surface area contributed by atoms with Crippen LogP contribution in [0.15, 0.2) is 0 Å². The largest absolute Gasteiger partial charge is 0.328 e. The Labute approximate surface area is 119 Å². The van der Waals surface area contributed by atoms with Crippen molar-refractivity contribution in [1.29, 1.82) is 0 Å². The molecule has 0 aromatic heterocycles. The van der Waals surface area contributed by atoms with Gasteiger partial charge in [0.25, 0.3) is 0 Å². The zero-order valence-electron chi connectivity index (χ0n) is 13.4. The Balaban J connectivity index is 1.75. The summed E-state index contributed by atoms with van der Waals surface area (Å²) in [4.78, 5) is 5.28. The molecule has 2 rings (SSSR count). The van der Waals surface area contributed by atoms with E-state index in [1.807, 2.05) is 0 Å². The van der Waals surface area contributed by atoms with E-state index in [2.05, 4.69) is 37.6 Å². The van der Waals surface area contributed by atoms with Crippen LogP contribution in [0.2, 0.25) is 0 Å². The fourth-order valence-corrected chi connectivity index (χ4v) is 3.82. The summed E-state index contributed by atoms with van der Waals surface area (Å²) in [5.41, 5.74) is 6.64. The Bertz CT molecular complexity index is 284. The summed E-state index contributed by atoms with van der Waals surface area (Å²) < 4.78 is 0. The van der Waals surface area contributed by atoms with E-state index in [0.717, 1.165) is 24.9 Å². The van der Waals surface area contributed by atoms with Gasteiger partial charge in [-0.2, -0.15) is 0 Å². The molecule has 0 aliphatic carbocycles. The first-order chi connectivity index (χ1) is 8.85. The Hall–Kier alpha value is -0.120. The third kappa shape index (κ3) is 4.44. The summed E-state index contributed by atoms with van der Waals surface area (Å²) in [6.45, 7) is 10.6. The highest BCUT2D eigenvalue weighted by Gasteiger charge is 2.34. The second-order valence-corrected chi connectivity index (χ2v) is 7.95. The molecule has 3 heteroatoms. The van der Waals surface area contributed by atoms with Gasteiger partial charge in [0.1, 0.15) is 0 Å². The van der Waals surface area contributed by atoms with Crippen LogP contribution in [0, 0.1) is 5.41 Å². The van der Waals surface area contributed by atoms with E-state index in [1.165, 1.54) is 38.9 Å². The van der Waals surface area contributed by atoms with E-state index in [1.54, 1.807) is 0 Å². The van der Waals surface area contributed by atoms with E-state index in [-0.39, 0.29) is 0 Å². The molecule has 2 aliphatic heterocycles. The second-order valence-electron chi connectivity index (χ2n) is 7.95. The van der Waals surface area contributed by atoms with Gasteiger partial charge in [0.15, 0.2) is 0 Å². The molecule has 112 valence electrons. The van der Waals surface area contributed by atoms with Crippen molar-refractivity contribution in [3.63, 3.8) is 0 Å². The topological polar surface area (TPSA) is 32.5 Å². The van der Waals surface area contributed by atoms with Gasteiger partial charge < -0.3 is 10.6 Å². The minimum Gasteiger partial charge on any atom is -0.328 e. The molecule has 0 spiro atoms. The van der Waals surface area contributed by atoms with Gasteiger partial charge in [-0.25, -0.2) is 0 Å². The van der Waals surface area contributed by atoms with Crippen LogP contribution >= 0.6 is 0 Å². The highest BCUT2D eigenvalue weighted by Crippen LogP contribution is 2.28. The molecule has 0 radical (unpaired) electrons. The van der Waals surface area contributed by atoms with Crippen molar-refractivity contribution in [3.05, 3.63) is 0 Å². The zero-order valence-corrected chi connectivity index (χ0v) is 13.4. The molecule has 3 atom stereocenters. The van der Waals surface area contributed by atoms with Gasteiger partial charge in [0, 0.05) is 24.7 Å². The Morgan fingerprint density at radius 1 is 1.16 bits per heavy atom. The van der Waals surface area contributed by atoms with Crippen LogP contribution in [0.3, 0.4) is 0 Å². The predicted octanol–water partition coefficient (Wildman–Crippen LogP) is 2.31. The lowest BCUT2D eigenvalue weighted by Gasteiger charge is -2.28. The first-order valence-corrected chi connectivity index (χ1v) is 8.05. The Morgan fingerprint density at radius 3 is 2.53 bits per heavy atom. The average Bonchev–Trinajstić information content (AvgIpc) is 2.49. The lowest BCUT2D eigenvalue weighted by atomic mass is 9.87. The molecule has 19 heavy (non-hydrogen) atoms. The van der Waals surface area contributed by atoms with Crippen molar-refractivity contribution in [2.24, 2.45) is 11.1 Å². The van der Waals surface area contributed by atoms with Crippen molar-refractivity contribution in [3.8, 4) is 0 Å². The average molecular weight is 267 g/mol. The maximum absolute atomic E-state index is 6.28. The Kier molecular flexibility index (Phi) is 4.91. The van der Waals surface area contributed by atoms with Crippen LogP contribution < -0.4 is 5.73 Å². The molecule has 0 amide bonds.